The molecule has 2 atom stereocenters. The zero-order valence-electron chi connectivity index (χ0n) is 19.0. The van der Waals surface area contributed by atoms with Crippen molar-refractivity contribution in [2.24, 2.45) is 5.92 Å². The second kappa shape index (κ2) is 10.2. The summed E-state index contributed by atoms with van der Waals surface area (Å²) in [6, 6.07) is 8.06. The molecule has 1 aliphatic heterocycles. The van der Waals surface area contributed by atoms with Crippen molar-refractivity contribution in [3.63, 3.8) is 0 Å². The molecule has 1 aromatic carbocycles. The summed E-state index contributed by atoms with van der Waals surface area (Å²) in [6.07, 6.45) is 7.30. The quantitative estimate of drug-likeness (QED) is 0.508. The second-order valence-electron chi connectivity index (χ2n) is 9.73. The first-order valence-electron chi connectivity index (χ1n) is 11.5. The minimum atomic E-state index is -0.482. The Morgan fingerprint density at radius 1 is 1.13 bits per heavy atom. The Morgan fingerprint density at radius 3 is 2.40 bits per heavy atom. The Morgan fingerprint density at radius 2 is 1.80 bits per heavy atom. The monoisotopic (exact) mass is 431 g/mol. The van der Waals surface area contributed by atoms with Crippen LogP contribution >= 0.6 is 11.8 Å². The maximum atomic E-state index is 13.3. The lowest BCUT2D eigenvalue weighted by atomic mass is 9.86. The SMILES string of the molecule is CCCOC(=O)C1CSC(c2ccc(C(C)(C)C)cc2)N1C(=O)CCC1CCCC1. The lowest BCUT2D eigenvalue weighted by molar-refractivity contribution is -0.154. The summed E-state index contributed by atoms with van der Waals surface area (Å²) < 4.78 is 5.44. The van der Waals surface area contributed by atoms with Crippen LogP contribution in [-0.4, -0.2) is 35.2 Å². The molecule has 1 saturated carbocycles. The van der Waals surface area contributed by atoms with Crippen LogP contribution in [-0.2, 0) is 19.7 Å². The number of rotatable bonds is 7. The van der Waals surface area contributed by atoms with Crippen LogP contribution in [0, 0.1) is 5.92 Å². The number of carbonyl (C=O) groups excluding carboxylic acids is 2. The molecule has 30 heavy (non-hydrogen) atoms. The highest BCUT2D eigenvalue weighted by Gasteiger charge is 2.43. The van der Waals surface area contributed by atoms with E-state index >= 15 is 0 Å². The first kappa shape index (κ1) is 23.2. The fraction of sp³-hybridized carbons (Fsp3) is 0.680. The van der Waals surface area contributed by atoms with Gasteiger partial charge in [-0.3, -0.25) is 4.79 Å². The average molecular weight is 432 g/mol. The first-order chi connectivity index (χ1) is 14.3. The summed E-state index contributed by atoms with van der Waals surface area (Å²) in [5, 5.41) is -0.116. The van der Waals surface area contributed by atoms with Crippen molar-refractivity contribution in [3.05, 3.63) is 35.4 Å². The molecule has 2 fully saturated rings. The van der Waals surface area contributed by atoms with Gasteiger partial charge in [0.25, 0.3) is 0 Å². The van der Waals surface area contributed by atoms with Gasteiger partial charge in [0, 0.05) is 12.2 Å². The van der Waals surface area contributed by atoms with Crippen molar-refractivity contribution < 1.29 is 14.3 Å². The summed E-state index contributed by atoms with van der Waals surface area (Å²) in [5.74, 6) is 1.10. The van der Waals surface area contributed by atoms with Gasteiger partial charge in [-0.15, -0.1) is 11.8 Å². The molecule has 0 spiro atoms. The molecule has 5 heteroatoms. The van der Waals surface area contributed by atoms with Crippen molar-refractivity contribution in [1.82, 2.24) is 4.90 Å². The maximum absolute atomic E-state index is 13.3. The molecule has 0 radical (unpaired) electrons. The minimum Gasteiger partial charge on any atom is -0.464 e. The van der Waals surface area contributed by atoms with Gasteiger partial charge in [-0.25, -0.2) is 4.79 Å². The van der Waals surface area contributed by atoms with Gasteiger partial charge in [0.05, 0.1) is 6.61 Å². The van der Waals surface area contributed by atoms with E-state index in [1.54, 1.807) is 11.8 Å². The van der Waals surface area contributed by atoms with Gasteiger partial charge in [0.2, 0.25) is 5.91 Å². The second-order valence-corrected chi connectivity index (χ2v) is 10.8. The number of hydrogen-bond acceptors (Lipinski definition) is 4. The molecule has 2 aliphatic rings. The van der Waals surface area contributed by atoms with Crippen molar-refractivity contribution in [3.8, 4) is 0 Å². The number of benzene rings is 1. The van der Waals surface area contributed by atoms with Gasteiger partial charge in [0.15, 0.2) is 0 Å². The molecule has 4 nitrogen and oxygen atoms in total. The molecule has 1 heterocycles. The Hall–Kier alpha value is -1.49. The van der Waals surface area contributed by atoms with E-state index in [0.717, 1.165) is 18.4 Å². The molecule has 1 aromatic rings. The summed E-state index contributed by atoms with van der Waals surface area (Å²) in [6.45, 7) is 9.00. The van der Waals surface area contributed by atoms with Crippen molar-refractivity contribution in [2.45, 2.75) is 89.5 Å². The lowest BCUT2D eigenvalue weighted by Gasteiger charge is -2.29. The van der Waals surface area contributed by atoms with Gasteiger partial charge in [0.1, 0.15) is 11.4 Å². The number of nitrogens with zero attached hydrogens (tertiary/aromatic N) is 1. The summed E-state index contributed by atoms with van der Waals surface area (Å²) in [7, 11) is 0. The molecule has 1 saturated heterocycles. The summed E-state index contributed by atoms with van der Waals surface area (Å²) in [5.41, 5.74) is 2.45. The van der Waals surface area contributed by atoms with Gasteiger partial charge in [-0.05, 0) is 35.3 Å². The Kier molecular flexibility index (Phi) is 7.89. The Labute approximate surface area is 186 Å². The van der Waals surface area contributed by atoms with Crippen LogP contribution in [0.25, 0.3) is 0 Å². The van der Waals surface area contributed by atoms with Crippen molar-refractivity contribution in [1.29, 1.82) is 0 Å². The largest absolute Gasteiger partial charge is 0.464 e. The molecule has 1 aliphatic carbocycles. The highest BCUT2D eigenvalue weighted by molar-refractivity contribution is 7.99. The standard InChI is InChI=1S/C25H37NO3S/c1-5-16-29-24(28)21-17-30-23(19-11-13-20(14-12-19)25(2,3)4)26(21)22(27)15-10-18-8-6-7-9-18/h11-14,18,21,23H,5-10,15-17H2,1-4H3. The molecule has 0 bridgehead atoms. The highest BCUT2D eigenvalue weighted by Crippen LogP contribution is 2.43. The highest BCUT2D eigenvalue weighted by atomic mass is 32.2. The smallest absolute Gasteiger partial charge is 0.329 e. The van der Waals surface area contributed by atoms with E-state index in [-0.39, 0.29) is 22.7 Å². The number of thioether (sulfide) groups is 1. The molecule has 0 aromatic heterocycles. The summed E-state index contributed by atoms with van der Waals surface area (Å²) >= 11 is 1.68. The average Bonchev–Trinajstić information content (AvgIpc) is 3.39. The van der Waals surface area contributed by atoms with Crippen LogP contribution in [0.5, 0.6) is 0 Å². The molecule has 166 valence electrons. The lowest BCUT2D eigenvalue weighted by Crippen LogP contribution is -2.44. The van der Waals surface area contributed by atoms with Crippen LogP contribution in [0.1, 0.15) is 89.1 Å². The maximum Gasteiger partial charge on any atom is 0.329 e. The van der Waals surface area contributed by atoms with Crippen molar-refractivity contribution >= 4 is 23.6 Å². The van der Waals surface area contributed by atoms with Gasteiger partial charge in [-0.1, -0.05) is 77.6 Å². The first-order valence-corrected chi connectivity index (χ1v) is 12.6. The van der Waals surface area contributed by atoms with Gasteiger partial charge < -0.3 is 9.64 Å². The predicted octanol–water partition coefficient (Wildman–Crippen LogP) is 5.85. The number of carbonyl (C=O) groups is 2. The van der Waals surface area contributed by atoms with Crippen LogP contribution in [0.4, 0.5) is 0 Å². The molecular formula is C25H37NO3S. The molecule has 1 amide bonds. The number of esters is 1. The van der Waals surface area contributed by atoms with Gasteiger partial charge >= 0.3 is 5.97 Å². The predicted molar refractivity (Wildman–Crippen MR) is 123 cm³/mol. The van der Waals surface area contributed by atoms with Crippen LogP contribution in [0.3, 0.4) is 0 Å². The number of ether oxygens (including phenoxy) is 1. The normalized spacial score (nSPS) is 22.5. The molecule has 0 N–H and O–H groups in total. The Bertz CT molecular complexity index is 719. The fourth-order valence-electron chi connectivity index (χ4n) is 4.45. The zero-order valence-corrected chi connectivity index (χ0v) is 19.8. The van der Waals surface area contributed by atoms with E-state index in [1.807, 2.05) is 11.8 Å². The van der Waals surface area contributed by atoms with E-state index in [4.69, 9.17) is 4.74 Å². The third-order valence-electron chi connectivity index (χ3n) is 6.31. The minimum absolute atomic E-state index is 0.0879. The topological polar surface area (TPSA) is 46.6 Å². The van der Waals surface area contributed by atoms with Gasteiger partial charge in [-0.2, -0.15) is 0 Å². The van der Waals surface area contributed by atoms with Crippen LogP contribution in [0.2, 0.25) is 0 Å². The number of amides is 1. The molecule has 3 rings (SSSR count). The third-order valence-corrected chi connectivity index (χ3v) is 7.64. The summed E-state index contributed by atoms with van der Waals surface area (Å²) in [4.78, 5) is 27.8. The number of hydrogen-bond donors (Lipinski definition) is 0. The molecular weight excluding hydrogens is 394 g/mol. The van der Waals surface area contributed by atoms with E-state index < -0.39 is 6.04 Å². The fourth-order valence-corrected chi connectivity index (χ4v) is 5.89. The van der Waals surface area contributed by atoms with E-state index in [2.05, 4.69) is 45.0 Å². The zero-order chi connectivity index (χ0) is 21.7. The van der Waals surface area contributed by atoms with Crippen LogP contribution in [0.15, 0.2) is 24.3 Å². The Balaban J connectivity index is 1.77. The van der Waals surface area contributed by atoms with E-state index in [0.29, 0.717) is 24.7 Å². The molecule has 2 unspecified atom stereocenters. The van der Waals surface area contributed by atoms with E-state index in [1.165, 1.54) is 31.2 Å². The third kappa shape index (κ3) is 5.60. The van der Waals surface area contributed by atoms with Crippen LogP contribution < -0.4 is 0 Å². The van der Waals surface area contributed by atoms with Crippen molar-refractivity contribution in [2.75, 3.05) is 12.4 Å². The van der Waals surface area contributed by atoms with E-state index in [9.17, 15) is 9.59 Å².